The van der Waals surface area contributed by atoms with E-state index in [0.29, 0.717) is 18.0 Å². The maximum absolute atomic E-state index is 13.2. The number of carbonyl (C=O) groups excluding carboxylic acids is 2. The fraction of sp³-hybridized carbons (Fsp3) is 0.250. The van der Waals surface area contributed by atoms with Crippen molar-refractivity contribution in [3.05, 3.63) is 90.5 Å². The SMILES string of the molecule is O=C(CN(C[C@@H]1CCCO1)C(=O)c1ccco1)Nc1nc(-c2ccccc2)cn1-c1ccc(C(F)(F)F)cc1. The lowest BCUT2D eigenvalue weighted by molar-refractivity contribution is -0.137. The molecule has 2 aromatic carbocycles. The minimum Gasteiger partial charge on any atom is -0.459 e. The maximum atomic E-state index is 13.2. The zero-order chi connectivity index (χ0) is 27.4. The van der Waals surface area contributed by atoms with E-state index in [4.69, 9.17) is 9.15 Å². The predicted molar refractivity (Wildman–Crippen MR) is 136 cm³/mol. The van der Waals surface area contributed by atoms with Crippen LogP contribution in [0, 0.1) is 0 Å². The van der Waals surface area contributed by atoms with Crippen LogP contribution in [0.15, 0.2) is 83.6 Å². The standard InChI is InChI=1S/C28H25F3N4O4/c29-28(30,31)20-10-12-21(13-11-20)35-17-23(19-6-2-1-3-7-19)32-27(35)33-25(36)18-34(16-22-8-4-14-38-22)26(37)24-9-5-15-39-24/h1-3,5-7,9-13,15,17,22H,4,8,14,16,18H2,(H,32,33,36)/t22-/m0/s1. The monoisotopic (exact) mass is 538 g/mol. The van der Waals surface area contributed by atoms with Crippen LogP contribution in [0.1, 0.15) is 29.0 Å². The fourth-order valence-electron chi connectivity index (χ4n) is 4.37. The van der Waals surface area contributed by atoms with Crippen LogP contribution in [0.5, 0.6) is 0 Å². The first kappa shape index (κ1) is 26.2. The van der Waals surface area contributed by atoms with Crippen molar-refractivity contribution in [2.75, 3.05) is 25.0 Å². The minimum atomic E-state index is -4.48. The summed E-state index contributed by atoms with van der Waals surface area (Å²) in [5.74, 6) is -0.799. The number of hydrogen-bond donors (Lipinski definition) is 1. The Morgan fingerprint density at radius 3 is 2.46 bits per heavy atom. The number of nitrogens with zero attached hydrogens (tertiary/aromatic N) is 3. The van der Waals surface area contributed by atoms with Crippen LogP contribution in [-0.2, 0) is 15.7 Å². The molecule has 3 heterocycles. The second-order valence-corrected chi connectivity index (χ2v) is 9.08. The van der Waals surface area contributed by atoms with Crippen LogP contribution in [0.4, 0.5) is 19.1 Å². The van der Waals surface area contributed by atoms with Gasteiger partial charge in [-0.3, -0.25) is 19.5 Å². The zero-order valence-corrected chi connectivity index (χ0v) is 20.7. The molecule has 8 nitrogen and oxygen atoms in total. The number of alkyl halides is 3. The first-order valence-electron chi connectivity index (χ1n) is 12.3. The van der Waals surface area contributed by atoms with Gasteiger partial charge in [0.1, 0.15) is 6.54 Å². The Hall–Kier alpha value is -4.38. The van der Waals surface area contributed by atoms with Gasteiger partial charge in [-0.25, -0.2) is 4.98 Å². The Morgan fingerprint density at radius 2 is 1.82 bits per heavy atom. The molecule has 39 heavy (non-hydrogen) atoms. The van der Waals surface area contributed by atoms with Gasteiger partial charge in [0.25, 0.3) is 5.91 Å². The van der Waals surface area contributed by atoms with Gasteiger partial charge in [-0.15, -0.1) is 0 Å². The first-order valence-corrected chi connectivity index (χ1v) is 12.3. The zero-order valence-electron chi connectivity index (χ0n) is 20.7. The average molecular weight is 539 g/mol. The molecule has 2 amide bonds. The molecule has 11 heteroatoms. The van der Waals surface area contributed by atoms with E-state index in [1.54, 1.807) is 12.3 Å². The number of ether oxygens (including phenoxy) is 1. The van der Waals surface area contributed by atoms with Crippen molar-refractivity contribution < 1.29 is 31.9 Å². The van der Waals surface area contributed by atoms with Gasteiger partial charge in [0.05, 0.1) is 23.6 Å². The van der Waals surface area contributed by atoms with Crippen molar-refractivity contribution in [2.24, 2.45) is 0 Å². The van der Waals surface area contributed by atoms with Crippen LogP contribution in [0.25, 0.3) is 16.9 Å². The molecule has 4 aromatic rings. The van der Waals surface area contributed by atoms with Gasteiger partial charge in [0.2, 0.25) is 11.9 Å². The number of halogens is 3. The average Bonchev–Trinajstić information content (AvgIpc) is 3.71. The number of nitrogens with one attached hydrogen (secondary N) is 1. The number of rotatable bonds is 8. The number of furan rings is 1. The van der Waals surface area contributed by atoms with Crippen molar-refractivity contribution in [3.8, 4) is 16.9 Å². The molecule has 1 aliphatic heterocycles. The minimum absolute atomic E-state index is 0.0958. The summed E-state index contributed by atoms with van der Waals surface area (Å²) in [5, 5.41) is 2.72. The van der Waals surface area contributed by atoms with Gasteiger partial charge in [0, 0.05) is 30.6 Å². The second-order valence-electron chi connectivity index (χ2n) is 9.08. The molecule has 0 saturated carbocycles. The van der Waals surface area contributed by atoms with E-state index in [1.807, 2.05) is 30.3 Å². The number of carbonyl (C=O) groups is 2. The molecule has 202 valence electrons. The highest BCUT2D eigenvalue weighted by atomic mass is 19.4. The summed E-state index contributed by atoms with van der Waals surface area (Å²) < 4.78 is 51.7. The number of amides is 2. The molecule has 0 radical (unpaired) electrons. The van der Waals surface area contributed by atoms with Gasteiger partial charge in [-0.1, -0.05) is 30.3 Å². The van der Waals surface area contributed by atoms with Gasteiger partial charge < -0.3 is 14.1 Å². The molecule has 5 rings (SSSR count). The molecule has 2 aromatic heterocycles. The lowest BCUT2D eigenvalue weighted by Crippen LogP contribution is -2.42. The quantitative estimate of drug-likeness (QED) is 0.324. The van der Waals surface area contributed by atoms with Crippen LogP contribution >= 0.6 is 0 Å². The lowest BCUT2D eigenvalue weighted by Gasteiger charge is -2.24. The number of aromatic nitrogens is 2. The summed E-state index contributed by atoms with van der Waals surface area (Å²) in [4.78, 5) is 32.2. The Balaban J connectivity index is 1.41. The summed E-state index contributed by atoms with van der Waals surface area (Å²) in [6.07, 6.45) is -0.0352. The topological polar surface area (TPSA) is 89.6 Å². The highest BCUT2D eigenvalue weighted by molar-refractivity contribution is 5.97. The van der Waals surface area contributed by atoms with E-state index in [-0.39, 0.29) is 30.9 Å². The van der Waals surface area contributed by atoms with Crippen molar-refractivity contribution in [1.29, 1.82) is 0 Å². The summed E-state index contributed by atoms with van der Waals surface area (Å²) in [6.45, 7) is 0.488. The van der Waals surface area contributed by atoms with E-state index in [2.05, 4.69) is 10.3 Å². The molecule has 0 spiro atoms. The highest BCUT2D eigenvalue weighted by Gasteiger charge is 2.30. The number of anilines is 1. The van der Waals surface area contributed by atoms with Crippen molar-refractivity contribution >= 4 is 17.8 Å². The van der Waals surface area contributed by atoms with Gasteiger partial charge in [0.15, 0.2) is 5.76 Å². The van der Waals surface area contributed by atoms with E-state index in [1.165, 1.54) is 33.9 Å². The van der Waals surface area contributed by atoms with E-state index >= 15 is 0 Å². The van der Waals surface area contributed by atoms with Gasteiger partial charge in [-0.05, 0) is 49.2 Å². The lowest BCUT2D eigenvalue weighted by atomic mass is 10.2. The molecular formula is C28H25F3N4O4. The van der Waals surface area contributed by atoms with Crippen LogP contribution in [-0.4, -0.2) is 52.1 Å². The maximum Gasteiger partial charge on any atom is 0.416 e. The third-order valence-corrected chi connectivity index (χ3v) is 6.30. The molecule has 1 N–H and O–H groups in total. The first-order chi connectivity index (χ1) is 18.8. The summed E-state index contributed by atoms with van der Waals surface area (Å²) in [7, 11) is 0. The molecule has 0 bridgehead atoms. The summed E-state index contributed by atoms with van der Waals surface area (Å²) in [6, 6.07) is 16.8. The number of imidazole rings is 1. The number of hydrogen-bond acceptors (Lipinski definition) is 5. The van der Waals surface area contributed by atoms with E-state index < -0.39 is 23.6 Å². The van der Waals surface area contributed by atoms with Crippen LogP contribution < -0.4 is 5.32 Å². The van der Waals surface area contributed by atoms with E-state index in [0.717, 1.165) is 30.5 Å². The molecule has 1 saturated heterocycles. The largest absolute Gasteiger partial charge is 0.459 e. The molecular weight excluding hydrogens is 513 g/mol. The number of benzene rings is 2. The summed E-state index contributed by atoms with van der Waals surface area (Å²) in [5.41, 5.74) is 0.845. The predicted octanol–water partition coefficient (Wildman–Crippen LogP) is 5.41. The van der Waals surface area contributed by atoms with Crippen LogP contribution in [0.3, 0.4) is 0 Å². The van der Waals surface area contributed by atoms with Crippen LogP contribution in [0.2, 0.25) is 0 Å². The Labute approximate surface area is 222 Å². The van der Waals surface area contributed by atoms with Gasteiger partial charge in [-0.2, -0.15) is 13.2 Å². The van der Waals surface area contributed by atoms with Crippen molar-refractivity contribution in [2.45, 2.75) is 25.1 Å². The van der Waals surface area contributed by atoms with Crippen molar-refractivity contribution in [1.82, 2.24) is 14.5 Å². The van der Waals surface area contributed by atoms with Gasteiger partial charge >= 0.3 is 6.18 Å². The molecule has 1 aliphatic rings. The normalized spacial score (nSPS) is 15.3. The third-order valence-electron chi connectivity index (χ3n) is 6.30. The Bertz CT molecular complexity index is 1410. The highest BCUT2D eigenvalue weighted by Crippen LogP contribution is 2.31. The molecule has 0 aliphatic carbocycles. The molecule has 1 fully saturated rings. The Kier molecular flexibility index (Phi) is 7.51. The third kappa shape index (κ3) is 6.20. The Morgan fingerprint density at radius 1 is 1.05 bits per heavy atom. The molecule has 1 atom stereocenters. The van der Waals surface area contributed by atoms with Crippen molar-refractivity contribution in [3.63, 3.8) is 0 Å². The van der Waals surface area contributed by atoms with E-state index in [9.17, 15) is 22.8 Å². The fourth-order valence-corrected chi connectivity index (χ4v) is 4.37. The smallest absolute Gasteiger partial charge is 0.416 e. The second kappa shape index (κ2) is 11.2. The summed E-state index contributed by atoms with van der Waals surface area (Å²) >= 11 is 0. The molecule has 0 unspecified atom stereocenters.